The smallest absolute Gasteiger partial charge is 0.305 e. The van der Waals surface area contributed by atoms with E-state index in [0.717, 1.165) is 0 Å². The number of carbonyl (C=O) groups excluding carboxylic acids is 1. The highest BCUT2D eigenvalue weighted by atomic mass is 35.5. The first kappa shape index (κ1) is 14.4. The second-order valence-electron chi connectivity index (χ2n) is 4.78. The molecule has 2 unspecified atom stereocenters. The molecule has 2 atom stereocenters. The molecule has 0 radical (unpaired) electrons. The Morgan fingerprint density at radius 2 is 2.35 bits per heavy atom. The summed E-state index contributed by atoms with van der Waals surface area (Å²) in [6.45, 7) is 0.389. The summed E-state index contributed by atoms with van der Waals surface area (Å²) in [5.41, 5.74) is 0.714. The van der Waals surface area contributed by atoms with Crippen LogP contribution >= 0.6 is 11.6 Å². The van der Waals surface area contributed by atoms with Gasteiger partial charge < -0.3 is 10.0 Å². The van der Waals surface area contributed by atoms with Crippen LogP contribution in [0.25, 0.3) is 0 Å². The first-order valence-corrected chi connectivity index (χ1v) is 6.62. The van der Waals surface area contributed by atoms with Crippen LogP contribution in [0.5, 0.6) is 0 Å². The molecular formula is C15H14ClNO3. The Morgan fingerprint density at radius 1 is 1.60 bits per heavy atom. The maximum absolute atomic E-state index is 12.0. The van der Waals surface area contributed by atoms with Gasteiger partial charge in [0.15, 0.2) is 0 Å². The number of terminal acetylenes is 1. The van der Waals surface area contributed by atoms with Gasteiger partial charge in [-0.05, 0) is 17.7 Å². The van der Waals surface area contributed by atoms with Crippen molar-refractivity contribution in [3.63, 3.8) is 0 Å². The molecule has 20 heavy (non-hydrogen) atoms. The summed E-state index contributed by atoms with van der Waals surface area (Å²) in [7, 11) is 0. The molecule has 5 heteroatoms. The maximum atomic E-state index is 12.0. The summed E-state index contributed by atoms with van der Waals surface area (Å²) in [6, 6.07) is 6.38. The zero-order valence-corrected chi connectivity index (χ0v) is 11.5. The third-order valence-electron chi connectivity index (χ3n) is 3.37. The molecule has 0 saturated carbocycles. The number of likely N-dealkylation sites (tertiary alicyclic amines) is 1. The van der Waals surface area contributed by atoms with E-state index in [1.807, 2.05) is 0 Å². The number of halogens is 1. The SMILES string of the molecule is C#CC1CC(=O)N(C(CC(=O)O)c2cccc(Cl)c2)C1. The average Bonchev–Trinajstić information content (AvgIpc) is 2.77. The number of rotatable bonds is 4. The van der Waals surface area contributed by atoms with Crippen molar-refractivity contribution >= 4 is 23.5 Å². The number of carbonyl (C=O) groups is 2. The minimum absolute atomic E-state index is 0.112. The normalized spacial score (nSPS) is 19.7. The standard InChI is InChI=1S/C15H14ClNO3/c1-2-10-6-14(18)17(9-10)13(8-15(19)20)11-4-3-5-12(16)7-11/h1,3-5,7,10,13H,6,8-9H2,(H,19,20). The van der Waals surface area contributed by atoms with Crippen LogP contribution in [0.3, 0.4) is 0 Å². The van der Waals surface area contributed by atoms with E-state index in [1.54, 1.807) is 29.2 Å². The number of amides is 1. The number of nitrogens with zero attached hydrogens (tertiary/aromatic N) is 1. The lowest BCUT2D eigenvalue weighted by Crippen LogP contribution is -2.31. The Balaban J connectivity index is 2.31. The third-order valence-corrected chi connectivity index (χ3v) is 3.61. The minimum atomic E-state index is -0.966. The fraction of sp³-hybridized carbons (Fsp3) is 0.333. The molecule has 1 heterocycles. The quantitative estimate of drug-likeness (QED) is 0.866. The molecule has 1 aliphatic heterocycles. The van der Waals surface area contributed by atoms with Crippen molar-refractivity contribution in [1.29, 1.82) is 0 Å². The van der Waals surface area contributed by atoms with Gasteiger partial charge in [-0.1, -0.05) is 23.7 Å². The van der Waals surface area contributed by atoms with Crippen molar-refractivity contribution in [1.82, 2.24) is 4.90 Å². The van der Waals surface area contributed by atoms with Gasteiger partial charge in [0.2, 0.25) is 5.91 Å². The van der Waals surface area contributed by atoms with E-state index in [-0.39, 0.29) is 24.7 Å². The van der Waals surface area contributed by atoms with Crippen molar-refractivity contribution < 1.29 is 14.7 Å². The molecule has 1 aromatic carbocycles. The molecule has 1 aliphatic rings. The lowest BCUT2D eigenvalue weighted by Gasteiger charge is -2.27. The van der Waals surface area contributed by atoms with E-state index in [9.17, 15) is 9.59 Å². The van der Waals surface area contributed by atoms with Gasteiger partial charge in [0.1, 0.15) is 0 Å². The first-order chi connectivity index (χ1) is 9.51. The Hall–Kier alpha value is -1.99. The molecule has 1 fully saturated rings. The lowest BCUT2D eigenvalue weighted by atomic mass is 10.0. The van der Waals surface area contributed by atoms with Gasteiger partial charge in [0.05, 0.1) is 12.5 Å². The van der Waals surface area contributed by atoms with E-state index in [4.69, 9.17) is 23.1 Å². The predicted octanol–water partition coefficient (Wildman–Crippen LogP) is 2.34. The van der Waals surface area contributed by atoms with Crippen molar-refractivity contribution in [2.45, 2.75) is 18.9 Å². The summed E-state index contributed by atoms with van der Waals surface area (Å²) < 4.78 is 0. The van der Waals surface area contributed by atoms with Gasteiger partial charge in [0.25, 0.3) is 0 Å². The molecular weight excluding hydrogens is 278 g/mol. The van der Waals surface area contributed by atoms with Crippen molar-refractivity contribution in [3.8, 4) is 12.3 Å². The van der Waals surface area contributed by atoms with Crippen LogP contribution in [0.2, 0.25) is 5.02 Å². The number of hydrogen-bond acceptors (Lipinski definition) is 2. The van der Waals surface area contributed by atoms with Gasteiger partial charge >= 0.3 is 5.97 Å². The fourth-order valence-electron chi connectivity index (χ4n) is 2.43. The van der Waals surface area contributed by atoms with Crippen LogP contribution in [-0.4, -0.2) is 28.4 Å². The second kappa shape index (κ2) is 5.98. The predicted molar refractivity (Wildman–Crippen MR) is 75.1 cm³/mol. The summed E-state index contributed by atoms with van der Waals surface area (Å²) in [5, 5.41) is 9.59. The van der Waals surface area contributed by atoms with Crippen molar-refractivity contribution in [3.05, 3.63) is 34.9 Å². The zero-order valence-electron chi connectivity index (χ0n) is 10.8. The monoisotopic (exact) mass is 291 g/mol. The molecule has 1 N–H and O–H groups in total. The molecule has 1 amide bonds. The van der Waals surface area contributed by atoms with Crippen LogP contribution < -0.4 is 0 Å². The molecule has 2 rings (SSSR count). The molecule has 0 aromatic heterocycles. The number of benzene rings is 1. The molecule has 0 spiro atoms. The fourth-order valence-corrected chi connectivity index (χ4v) is 2.63. The molecule has 1 saturated heterocycles. The Labute approximate surface area is 122 Å². The van der Waals surface area contributed by atoms with Crippen LogP contribution in [0.1, 0.15) is 24.4 Å². The Kier molecular flexibility index (Phi) is 4.31. The molecule has 104 valence electrons. The van der Waals surface area contributed by atoms with Crippen molar-refractivity contribution in [2.75, 3.05) is 6.54 Å². The van der Waals surface area contributed by atoms with Crippen LogP contribution in [0, 0.1) is 18.3 Å². The summed E-state index contributed by atoms with van der Waals surface area (Å²) in [4.78, 5) is 24.6. The van der Waals surface area contributed by atoms with Gasteiger partial charge in [-0.2, -0.15) is 0 Å². The van der Waals surface area contributed by atoms with Crippen LogP contribution in [-0.2, 0) is 9.59 Å². The third kappa shape index (κ3) is 3.12. The van der Waals surface area contributed by atoms with Crippen molar-refractivity contribution in [2.24, 2.45) is 5.92 Å². The Morgan fingerprint density at radius 3 is 2.90 bits per heavy atom. The molecule has 4 nitrogen and oxygen atoms in total. The van der Waals surface area contributed by atoms with Gasteiger partial charge in [0, 0.05) is 23.9 Å². The van der Waals surface area contributed by atoms with E-state index in [2.05, 4.69) is 5.92 Å². The van der Waals surface area contributed by atoms with E-state index < -0.39 is 12.0 Å². The molecule has 0 aliphatic carbocycles. The van der Waals surface area contributed by atoms with Crippen LogP contribution in [0.4, 0.5) is 0 Å². The number of carboxylic acid groups (broad SMARTS) is 1. The topological polar surface area (TPSA) is 57.6 Å². The summed E-state index contributed by atoms with van der Waals surface area (Å²) >= 11 is 5.94. The van der Waals surface area contributed by atoms with E-state index in [0.29, 0.717) is 17.1 Å². The second-order valence-corrected chi connectivity index (χ2v) is 5.22. The summed E-state index contributed by atoms with van der Waals surface area (Å²) in [6.07, 6.45) is 5.46. The highest BCUT2D eigenvalue weighted by Crippen LogP contribution is 2.32. The van der Waals surface area contributed by atoms with E-state index in [1.165, 1.54) is 0 Å². The molecule has 1 aromatic rings. The van der Waals surface area contributed by atoms with Gasteiger partial charge in [-0.15, -0.1) is 12.3 Å². The summed E-state index contributed by atoms with van der Waals surface area (Å²) in [5.74, 6) is 1.33. The minimum Gasteiger partial charge on any atom is -0.481 e. The number of aliphatic carboxylic acids is 1. The highest BCUT2D eigenvalue weighted by molar-refractivity contribution is 6.30. The highest BCUT2D eigenvalue weighted by Gasteiger charge is 2.35. The van der Waals surface area contributed by atoms with Gasteiger partial charge in [-0.3, -0.25) is 9.59 Å². The average molecular weight is 292 g/mol. The number of hydrogen-bond donors (Lipinski definition) is 1. The largest absolute Gasteiger partial charge is 0.481 e. The Bertz CT molecular complexity index is 579. The molecule has 0 bridgehead atoms. The van der Waals surface area contributed by atoms with Crippen LogP contribution in [0.15, 0.2) is 24.3 Å². The van der Waals surface area contributed by atoms with E-state index >= 15 is 0 Å². The zero-order chi connectivity index (χ0) is 14.7. The lowest BCUT2D eigenvalue weighted by molar-refractivity contribution is -0.139. The maximum Gasteiger partial charge on any atom is 0.305 e. The van der Waals surface area contributed by atoms with Gasteiger partial charge in [-0.25, -0.2) is 0 Å². The number of carboxylic acids is 1. The first-order valence-electron chi connectivity index (χ1n) is 6.24.